The van der Waals surface area contributed by atoms with Crippen molar-refractivity contribution >= 4 is 5.91 Å². The van der Waals surface area contributed by atoms with E-state index in [1.165, 1.54) is 0 Å². The van der Waals surface area contributed by atoms with Crippen LogP contribution in [0.4, 0.5) is 0 Å². The van der Waals surface area contributed by atoms with Crippen molar-refractivity contribution in [2.24, 2.45) is 5.41 Å². The lowest BCUT2D eigenvalue weighted by atomic mass is 9.78. The summed E-state index contributed by atoms with van der Waals surface area (Å²) in [4.78, 5) is 11.3. The number of rotatable bonds is 9. The van der Waals surface area contributed by atoms with E-state index in [-0.39, 0.29) is 17.4 Å². The predicted molar refractivity (Wildman–Crippen MR) is 89.1 cm³/mol. The standard InChI is InChI=1S/C18H29NO3/c1-18(2,13-7-6-8-16(20)19-3)17(22-5)14-9-11-15(21-4)12-10-14/h9-12,17H,6-8,13H2,1-5H3,(H,19,20). The van der Waals surface area contributed by atoms with Gasteiger partial charge in [0, 0.05) is 20.6 Å². The molecule has 1 amide bonds. The van der Waals surface area contributed by atoms with Crippen molar-refractivity contribution in [3.05, 3.63) is 29.8 Å². The molecule has 0 saturated carbocycles. The normalized spacial score (nSPS) is 12.8. The van der Waals surface area contributed by atoms with Crippen LogP contribution in [0.1, 0.15) is 51.2 Å². The van der Waals surface area contributed by atoms with Crippen LogP contribution >= 0.6 is 0 Å². The van der Waals surface area contributed by atoms with Crippen LogP contribution in [0.25, 0.3) is 0 Å². The number of benzene rings is 1. The third-order valence-corrected chi connectivity index (χ3v) is 4.12. The summed E-state index contributed by atoms with van der Waals surface area (Å²) in [7, 11) is 5.09. The Morgan fingerprint density at radius 2 is 1.82 bits per heavy atom. The monoisotopic (exact) mass is 307 g/mol. The Morgan fingerprint density at radius 3 is 2.32 bits per heavy atom. The van der Waals surface area contributed by atoms with Gasteiger partial charge in [0.25, 0.3) is 0 Å². The lowest BCUT2D eigenvalue weighted by molar-refractivity contribution is -0.120. The molecule has 4 heteroatoms. The molecule has 22 heavy (non-hydrogen) atoms. The second kappa shape index (κ2) is 8.79. The fourth-order valence-electron chi connectivity index (χ4n) is 2.81. The molecule has 0 spiro atoms. The molecule has 0 aliphatic carbocycles. The first-order valence-electron chi connectivity index (χ1n) is 7.82. The Labute approximate surface area is 134 Å². The highest BCUT2D eigenvalue weighted by Gasteiger charge is 2.30. The molecule has 1 unspecified atom stereocenters. The van der Waals surface area contributed by atoms with E-state index in [1.807, 2.05) is 12.1 Å². The molecule has 1 aromatic rings. The van der Waals surface area contributed by atoms with Gasteiger partial charge >= 0.3 is 0 Å². The Hall–Kier alpha value is -1.55. The minimum Gasteiger partial charge on any atom is -0.497 e. The maximum Gasteiger partial charge on any atom is 0.219 e. The Bertz CT molecular complexity index is 454. The van der Waals surface area contributed by atoms with Crippen molar-refractivity contribution in [3.63, 3.8) is 0 Å². The summed E-state index contributed by atoms with van der Waals surface area (Å²) in [6.07, 6.45) is 3.54. The molecule has 1 atom stereocenters. The van der Waals surface area contributed by atoms with E-state index in [0.717, 1.165) is 30.6 Å². The third kappa shape index (κ3) is 5.34. The maximum absolute atomic E-state index is 11.3. The van der Waals surface area contributed by atoms with E-state index in [2.05, 4.69) is 31.3 Å². The second-order valence-corrected chi connectivity index (χ2v) is 6.26. The molecular formula is C18H29NO3. The van der Waals surface area contributed by atoms with Crippen LogP contribution in [0.3, 0.4) is 0 Å². The first-order valence-corrected chi connectivity index (χ1v) is 7.82. The van der Waals surface area contributed by atoms with Gasteiger partial charge in [0.05, 0.1) is 13.2 Å². The van der Waals surface area contributed by atoms with Gasteiger partial charge in [-0.2, -0.15) is 0 Å². The number of hydrogen-bond acceptors (Lipinski definition) is 3. The molecule has 0 fully saturated rings. The van der Waals surface area contributed by atoms with E-state index in [9.17, 15) is 4.79 Å². The topological polar surface area (TPSA) is 47.6 Å². The smallest absolute Gasteiger partial charge is 0.219 e. The molecule has 0 aliphatic rings. The molecule has 124 valence electrons. The molecule has 0 aliphatic heterocycles. The first kappa shape index (κ1) is 18.5. The molecule has 4 nitrogen and oxygen atoms in total. The summed E-state index contributed by atoms with van der Waals surface area (Å²) in [6, 6.07) is 8.03. The number of hydrogen-bond donors (Lipinski definition) is 1. The highest BCUT2D eigenvalue weighted by Crippen LogP contribution is 2.40. The molecule has 1 rings (SSSR count). The molecule has 0 aromatic heterocycles. The minimum absolute atomic E-state index is 0.00598. The fraction of sp³-hybridized carbons (Fsp3) is 0.611. The van der Waals surface area contributed by atoms with E-state index in [1.54, 1.807) is 21.3 Å². The molecule has 0 saturated heterocycles. The second-order valence-electron chi connectivity index (χ2n) is 6.26. The van der Waals surface area contributed by atoms with E-state index >= 15 is 0 Å². The first-order chi connectivity index (χ1) is 10.4. The van der Waals surface area contributed by atoms with Crippen molar-refractivity contribution in [1.29, 1.82) is 0 Å². The van der Waals surface area contributed by atoms with Gasteiger partial charge in [-0.1, -0.05) is 32.4 Å². The van der Waals surface area contributed by atoms with Crippen molar-refractivity contribution in [2.45, 2.75) is 45.6 Å². The summed E-state index contributed by atoms with van der Waals surface area (Å²) in [5, 5.41) is 2.66. The lowest BCUT2D eigenvalue weighted by Crippen LogP contribution is -2.24. The summed E-state index contributed by atoms with van der Waals surface area (Å²) in [5.74, 6) is 0.957. The predicted octanol–water partition coefficient (Wildman–Crippen LogP) is 3.72. The Morgan fingerprint density at radius 1 is 1.18 bits per heavy atom. The number of carbonyl (C=O) groups is 1. The molecule has 0 radical (unpaired) electrons. The number of ether oxygens (including phenoxy) is 2. The average Bonchev–Trinajstić information content (AvgIpc) is 2.52. The van der Waals surface area contributed by atoms with Crippen LogP contribution < -0.4 is 10.1 Å². The van der Waals surface area contributed by atoms with E-state index in [0.29, 0.717) is 6.42 Å². The largest absolute Gasteiger partial charge is 0.497 e. The summed E-state index contributed by atoms with van der Waals surface area (Å²) < 4.78 is 11.0. The minimum atomic E-state index is 0.00598. The van der Waals surface area contributed by atoms with Crippen LogP contribution in [0.15, 0.2) is 24.3 Å². The molecule has 1 aromatic carbocycles. The number of methoxy groups -OCH3 is 2. The fourth-order valence-corrected chi connectivity index (χ4v) is 2.81. The van der Waals surface area contributed by atoms with Crippen molar-refractivity contribution < 1.29 is 14.3 Å². The number of amides is 1. The van der Waals surface area contributed by atoms with Crippen LogP contribution in [-0.4, -0.2) is 27.2 Å². The molecule has 0 bridgehead atoms. The van der Waals surface area contributed by atoms with E-state index < -0.39 is 0 Å². The highest BCUT2D eigenvalue weighted by molar-refractivity contribution is 5.75. The SMILES string of the molecule is CNC(=O)CCCCC(C)(C)C(OC)c1ccc(OC)cc1. The molecule has 0 heterocycles. The van der Waals surface area contributed by atoms with Crippen molar-refractivity contribution in [1.82, 2.24) is 5.32 Å². The van der Waals surface area contributed by atoms with Crippen LogP contribution in [-0.2, 0) is 9.53 Å². The van der Waals surface area contributed by atoms with Gasteiger partial charge in [0.2, 0.25) is 5.91 Å². The number of unbranched alkanes of at least 4 members (excludes halogenated alkanes) is 1. The molecular weight excluding hydrogens is 278 g/mol. The third-order valence-electron chi connectivity index (χ3n) is 4.12. The van der Waals surface area contributed by atoms with Gasteiger partial charge in [-0.05, 0) is 36.0 Å². The van der Waals surface area contributed by atoms with Gasteiger partial charge in [0.15, 0.2) is 0 Å². The van der Waals surface area contributed by atoms with Gasteiger partial charge < -0.3 is 14.8 Å². The highest BCUT2D eigenvalue weighted by atomic mass is 16.5. The van der Waals surface area contributed by atoms with Crippen molar-refractivity contribution in [3.8, 4) is 5.75 Å². The quantitative estimate of drug-likeness (QED) is 0.707. The van der Waals surface area contributed by atoms with Crippen LogP contribution in [0, 0.1) is 5.41 Å². The zero-order valence-corrected chi connectivity index (χ0v) is 14.4. The zero-order chi connectivity index (χ0) is 16.6. The molecule has 1 N–H and O–H groups in total. The summed E-state index contributed by atoms with van der Waals surface area (Å²) >= 11 is 0. The summed E-state index contributed by atoms with van der Waals surface area (Å²) in [5.41, 5.74) is 1.16. The lowest BCUT2D eigenvalue weighted by Gasteiger charge is -2.34. The van der Waals surface area contributed by atoms with Crippen molar-refractivity contribution in [2.75, 3.05) is 21.3 Å². The maximum atomic E-state index is 11.3. The number of carbonyl (C=O) groups excluding carboxylic acids is 1. The summed E-state index contributed by atoms with van der Waals surface area (Å²) in [6.45, 7) is 4.43. The van der Waals surface area contributed by atoms with Crippen LogP contribution in [0.5, 0.6) is 5.75 Å². The van der Waals surface area contributed by atoms with Gasteiger partial charge in [-0.25, -0.2) is 0 Å². The Balaban J connectivity index is 2.63. The van der Waals surface area contributed by atoms with E-state index in [4.69, 9.17) is 9.47 Å². The van der Waals surface area contributed by atoms with Gasteiger partial charge in [-0.3, -0.25) is 4.79 Å². The Kier molecular flexibility index (Phi) is 7.39. The van der Waals surface area contributed by atoms with Crippen LogP contribution in [0.2, 0.25) is 0 Å². The zero-order valence-electron chi connectivity index (χ0n) is 14.4. The van der Waals surface area contributed by atoms with Gasteiger partial charge in [0.1, 0.15) is 5.75 Å². The average molecular weight is 307 g/mol. The number of nitrogens with one attached hydrogen (secondary N) is 1. The van der Waals surface area contributed by atoms with Gasteiger partial charge in [-0.15, -0.1) is 0 Å².